The van der Waals surface area contributed by atoms with Gasteiger partial charge in [0, 0.05) is 44.1 Å². The number of rotatable bonds is 3. The lowest BCUT2D eigenvalue weighted by molar-refractivity contribution is 0.0602. The van der Waals surface area contributed by atoms with Crippen LogP contribution in [0.3, 0.4) is 0 Å². The van der Waals surface area contributed by atoms with Gasteiger partial charge in [0.2, 0.25) is 0 Å². The molecule has 0 spiro atoms. The summed E-state index contributed by atoms with van der Waals surface area (Å²) in [6.07, 6.45) is 4.51. The molecule has 6 nitrogen and oxygen atoms in total. The van der Waals surface area contributed by atoms with Gasteiger partial charge in [0.05, 0.1) is 6.61 Å². The molecule has 0 saturated carbocycles. The SMILES string of the molecule is CCOC(=O)N1CCC(N(C)C(=O)c2ccncc2)CC1. The smallest absolute Gasteiger partial charge is 0.409 e. The van der Waals surface area contributed by atoms with Gasteiger partial charge in [-0.25, -0.2) is 4.79 Å². The molecule has 1 aliphatic rings. The number of hydrogen-bond donors (Lipinski definition) is 0. The number of likely N-dealkylation sites (tertiary alicyclic amines) is 1. The fourth-order valence-corrected chi connectivity index (χ4v) is 2.51. The molecular formula is C15H21N3O3. The zero-order chi connectivity index (χ0) is 15.2. The van der Waals surface area contributed by atoms with Crippen molar-refractivity contribution in [3.63, 3.8) is 0 Å². The van der Waals surface area contributed by atoms with Crippen molar-refractivity contribution in [2.75, 3.05) is 26.7 Å². The maximum atomic E-state index is 12.4. The average Bonchev–Trinajstić information content (AvgIpc) is 2.54. The fourth-order valence-electron chi connectivity index (χ4n) is 2.51. The van der Waals surface area contributed by atoms with Gasteiger partial charge in [0.1, 0.15) is 0 Å². The predicted octanol–water partition coefficient (Wildman–Crippen LogP) is 1.77. The Labute approximate surface area is 124 Å². The molecule has 0 N–H and O–H groups in total. The molecule has 0 aromatic carbocycles. The normalized spacial score (nSPS) is 15.6. The highest BCUT2D eigenvalue weighted by Crippen LogP contribution is 2.18. The molecule has 6 heteroatoms. The Morgan fingerprint density at radius 2 is 1.95 bits per heavy atom. The molecule has 2 amide bonds. The Balaban J connectivity index is 1.90. The molecule has 1 fully saturated rings. The van der Waals surface area contributed by atoms with Crippen molar-refractivity contribution in [1.29, 1.82) is 0 Å². The number of carbonyl (C=O) groups is 2. The summed E-state index contributed by atoms with van der Waals surface area (Å²) in [6, 6.07) is 3.58. The first-order valence-corrected chi connectivity index (χ1v) is 7.22. The third-order valence-electron chi connectivity index (χ3n) is 3.79. The minimum atomic E-state index is -0.265. The van der Waals surface area contributed by atoms with Gasteiger partial charge in [-0.2, -0.15) is 0 Å². The summed E-state index contributed by atoms with van der Waals surface area (Å²) in [4.78, 5) is 31.4. The topological polar surface area (TPSA) is 62.7 Å². The Morgan fingerprint density at radius 3 is 2.52 bits per heavy atom. The van der Waals surface area contributed by atoms with Crippen LogP contribution in [0.1, 0.15) is 30.1 Å². The third-order valence-corrected chi connectivity index (χ3v) is 3.79. The quantitative estimate of drug-likeness (QED) is 0.851. The molecule has 21 heavy (non-hydrogen) atoms. The van der Waals surface area contributed by atoms with Crippen LogP contribution in [0.4, 0.5) is 4.79 Å². The van der Waals surface area contributed by atoms with E-state index in [9.17, 15) is 9.59 Å². The maximum Gasteiger partial charge on any atom is 0.409 e. The number of amides is 2. The molecule has 1 saturated heterocycles. The second kappa shape index (κ2) is 7.06. The summed E-state index contributed by atoms with van der Waals surface area (Å²) in [5.41, 5.74) is 0.639. The summed E-state index contributed by atoms with van der Waals surface area (Å²) in [5, 5.41) is 0. The van der Waals surface area contributed by atoms with Crippen LogP contribution in [0.25, 0.3) is 0 Å². The molecular weight excluding hydrogens is 270 g/mol. The average molecular weight is 291 g/mol. The van der Waals surface area contributed by atoms with Crippen molar-refractivity contribution in [1.82, 2.24) is 14.8 Å². The highest BCUT2D eigenvalue weighted by molar-refractivity contribution is 5.94. The van der Waals surface area contributed by atoms with Crippen LogP contribution < -0.4 is 0 Å². The van der Waals surface area contributed by atoms with E-state index in [0.717, 1.165) is 12.8 Å². The second-order valence-electron chi connectivity index (χ2n) is 5.07. The minimum absolute atomic E-state index is 0.00742. The molecule has 0 aliphatic carbocycles. The van der Waals surface area contributed by atoms with Gasteiger partial charge in [-0.1, -0.05) is 0 Å². The zero-order valence-electron chi connectivity index (χ0n) is 12.5. The molecule has 0 bridgehead atoms. The first-order chi connectivity index (χ1) is 10.1. The molecule has 114 valence electrons. The fraction of sp³-hybridized carbons (Fsp3) is 0.533. The van der Waals surface area contributed by atoms with Crippen LogP contribution in [0, 0.1) is 0 Å². The van der Waals surface area contributed by atoms with E-state index in [2.05, 4.69) is 4.98 Å². The number of pyridine rings is 1. The highest BCUT2D eigenvalue weighted by atomic mass is 16.6. The number of nitrogens with zero attached hydrogens (tertiary/aromatic N) is 3. The molecule has 1 aromatic rings. The summed E-state index contributed by atoms with van der Waals surface area (Å²) >= 11 is 0. The molecule has 2 heterocycles. The van der Waals surface area contributed by atoms with Gasteiger partial charge in [-0.05, 0) is 31.9 Å². The lowest BCUT2D eigenvalue weighted by Crippen LogP contribution is -2.47. The number of carbonyl (C=O) groups excluding carboxylic acids is 2. The van der Waals surface area contributed by atoms with Gasteiger partial charge in [0.25, 0.3) is 5.91 Å². The number of piperidine rings is 1. The van der Waals surface area contributed by atoms with Crippen molar-refractivity contribution >= 4 is 12.0 Å². The number of aromatic nitrogens is 1. The van der Waals surface area contributed by atoms with Crippen LogP contribution in [0.15, 0.2) is 24.5 Å². The molecule has 1 aromatic heterocycles. The van der Waals surface area contributed by atoms with Crippen LogP contribution in [-0.4, -0.2) is 59.6 Å². The number of hydrogen-bond acceptors (Lipinski definition) is 4. The van der Waals surface area contributed by atoms with Crippen molar-refractivity contribution in [3.8, 4) is 0 Å². The summed E-state index contributed by atoms with van der Waals surface area (Å²) in [6.45, 7) is 3.43. The number of ether oxygens (including phenoxy) is 1. The van der Waals surface area contributed by atoms with Crippen molar-refractivity contribution in [2.45, 2.75) is 25.8 Å². The van der Waals surface area contributed by atoms with Crippen LogP contribution in [-0.2, 0) is 4.74 Å². The lowest BCUT2D eigenvalue weighted by atomic mass is 10.0. The van der Waals surface area contributed by atoms with Gasteiger partial charge in [-0.3, -0.25) is 9.78 Å². The van der Waals surface area contributed by atoms with Gasteiger partial charge < -0.3 is 14.5 Å². The third kappa shape index (κ3) is 3.71. The monoisotopic (exact) mass is 291 g/mol. The van der Waals surface area contributed by atoms with E-state index in [0.29, 0.717) is 25.3 Å². The van der Waals surface area contributed by atoms with E-state index in [4.69, 9.17) is 4.74 Å². The van der Waals surface area contributed by atoms with E-state index in [-0.39, 0.29) is 18.0 Å². The maximum absolute atomic E-state index is 12.4. The van der Waals surface area contributed by atoms with Crippen LogP contribution >= 0.6 is 0 Å². The van der Waals surface area contributed by atoms with E-state index >= 15 is 0 Å². The van der Waals surface area contributed by atoms with E-state index in [1.54, 1.807) is 41.2 Å². The molecule has 0 radical (unpaired) electrons. The molecule has 0 unspecified atom stereocenters. The van der Waals surface area contributed by atoms with Crippen molar-refractivity contribution < 1.29 is 14.3 Å². The lowest BCUT2D eigenvalue weighted by Gasteiger charge is -2.36. The Morgan fingerprint density at radius 1 is 1.33 bits per heavy atom. The Hall–Kier alpha value is -2.11. The molecule has 0 atom stereocenters. The molecule has 1 aliphatic heterocycles. The largest absolute Gasteiger partial charge is 0.450 e. The van der Waals surface area contributed by atoms with Crippen molar-refractivity contribution in [3.05, 3.63) is 30.1 Å². The summed E-state index contributed by atoms with van der Waals surface area (Å²) < 4.78 is 4.99. The van der Waals surface area contributed by atoms with Gasteiger partial charge in [-0.15, -0.1) is 0 Å². The van der Waals surface area contributed by atoms with Gasteiger partial charge in [0.15, 0.2) is 0 Å². The van der Waals surface area contributed by atoms with Gasteiger partial charge >= 0.3 is 6.09 Å². The Kier molecular flexibility index (Phi) is 5.14. The first-order valence-electron chi connectivity index (χ1n) is 7.22. The standard InChI is InChI=1S/C15H21N3O3/c1-3-21-15(20)18-10-6-13(7-11-18)17(2)14(19)12-4-8-16-9-5-12/h4-5,8-9,13H,3,6-7,10-11H2,1-2H3. The minimum Gasteiger partial charge on any atom is -0.450 e. The molecule has 2 rings (SSSR count). The van der Waals surface area contributed by atoms with E-state index < -0.39 is 0 Å². The zero-order valence-corrected chi connectivity index (χ0v) is 12.5. The van der Waals surface area contributed by atoms with E-state index in [1.165, 1.54) is 0 Å². The highest BCUT2D eigenvalue weighted by Gasteiger charge is 2.28. The summed E-state index contributed by atoms with van der Waals surface area (Å²) in [5.74, 6) is -0.00742. The summed E-state index contributed by atoms with van der Waals surface area (Å²) in [7, 11) is 1.81. The predicted molar refractivity (Wildman–Crippen MR) is 77.9 cm³/mol. The Bertz CT molecular complexity index is 484. The second-order valence-corrected chi connectivity index (χ2v) is 5.07. The van der Waals surface area contributed by atoms with Crippen LogP contribution in [0.5, 0.6) is 0 Å². The van der Waals surface area contributed by atoms with Crippen molar-refractivity contribution in [2.24, 2.45) is 0 Å². The van der Waals surface area contributed by atoms with E-state index in [1.807, 2.05) is 7.05 Å². The first kappa shape index (κ1) is 15.3. The van der Waals surface area contributed by atoms with Crippen LogP contribution in [0.2, 0.25) is 0 Å².